The fourth-order valence-corrected chi connectivity index (χ4v) is 3.91. The number of hydrogen-bond donors (Lipinski definition) is 1. The first-order chi connectivity index (χ1) is 9.00. The van der Waals surface area contributed by atoms with E-state index in [0.29, 0.717) is 18.5 Å². The van der Waals surface area contributed by atoms with E-state index in [2.05, 4.69) is 25.7 Å². The highest BCUT2D eigenvalue weighted by molar-refractivity contribution is 7.90. The lowest BCUT2D eigenvalue weighted by atomic mass is 9.67. The molecule has 1 rings (SSSR count). The third kappa shape index (κ3) is 4.71. The van der Waals surface area contributed by atoms with Gasteiger partial charge in [0.25, 0.3) is 0 Å². The van der Waals surface area contributed by atoms with Crippen molar-refractivity contribution >= 4 is 9.84 Å². The van der Waals surface area contributed by atoms with Crippen molar-refractivity contribution < 1.29 is 8.42 Å². The van der Waals surface area contributed by atoms with E-state index >= 15 is 0 Å². The second kappa shape index (κ2) is 6.32. The standard InChI is InChI=1S/C15H32N2O2S/c1-14(2,3)13-6-8-15(12-16,9-7-13)17(4)10-11-20(5,18)19/h13H,6-12,16H2,1-5H3. The van der Waals surface area contributed by atoms with Crippen molar-refractivity contribution in [3.8, 4) is 0 Å². The molecule has 0 saturated heterocycles. The molecule has 0 aromatic carbocycles. The van der Waals surface area contributed by atoms with Gasteiger partial charge in [0.1, 0.15) is 9.84 Å². The van der Waals surface area contributed by atoms with Crippen LogP contribution in [0, 0.1) is 11.3 Å². The molecule has 0 aromatic rings. The van der Waals surface area contributed by atoms with E-state index in [1.165, 1.54) is 19.1 Å². The average Bonchev–Trinajstić information content (AvgIpc) is 2.34. The minimum atomic E-state index is -2.91. The second-order valence-electron chi connectivity index (χ2n) is 7.62. The van der Waals surface area contributed by atoms with Crippen molar-refractivity contribution in [2.75, 3.05) is 32.1 Å². The lowest BCUT2D eigenvalue weighted by molar-refractivity contribution is 0.0419. The molecule has 0 amide bonds. The number of sulfone groups is 1. The zero-order valence-electron chi connectivity index (χ0n) is 13.8. The van der Waals surface area contributed by atoms with Crippen LogP contribution in [-0.4, -0.2) is 51.0 Å². The van der Waals surface area contributed by atoms with E-state index in [1.807, 2.05) is 7.05 Å². The van der Waals surface area contributed by atoms with Crippen LogP contribution in [0.3, 0.4) is 0 Å². The van der Waals surface area contributed by atoms with Crippen LogP contribution in [-0.2, 0) is 9.84 Å². The van der Waals surface area contributed by atoms with Gasteiger partial charge in [-0.25, -0.2) is 8.42 Å². The maximum Gasteiger partial charge on any atom is 0.148 e. The van der Waals surface area contributed by atoms with Crippen LogP contribution in [0.4, 0.5) is 0 Å². The Hall–Kier alpha value is -0.130. The third-order valence-corrected chi connectivity index (χ3v) is 6.05. The Morgan fingerprint density at radius 1 is 1.25 bits per heavy atom. The summed E-state index contributed by atoms with van der Waals surface area (Å²) in [5.41, 5.74) is 6.39. The normalized spacial score (nSPS) is 28.9. The highest BCUT2D eigenvalue weighted by Gasteiger charge is 2.40. The molecule has 0 aliphatic heterocycles. The molecule has 1 fully saturated rings. The predicted octanol–water partition coefficient (Wildman–Crippen LogP) is 1.90. The molecule has 0 unspecified atom stereocenters. The monoisotopic (exact) mass is 304 g/mol. The van der Waals surface area contributed by atoms with Gasteiger partial charge < -0.3 is 5.73 Å². The molecule has 1 aliphatic rings. The molecular weight excluding hydrogens is 272 g/mol. The van der Waals surface area contributed by atoms with Crippen LogP contribution in [0.15, 0.2) is 0 Å². The fourth-order valence-electron chi connectivity index (χ4n) is 3.30. The lowest BCUT2D eigenvalue weighted by Gasteiger charge is -2.48. The van der Waals surface area contributed by atoms with Crippen LogP contribution in [0.1, 0.15) is 46.5 Å². The van der Waals surface area contributed by atoms with E-state index in [9.17, 15) is 8.42 Å². The van der Waals surface area contributed by atoms with Crippen molar-refractivity contribution in [3.63, 3.8) is 0 Å². The number of nitrogens with zero attached hydrogens (tertiary/aromatic N) is 1. The molecule has 4 nitrogen and oxygen atoms in total. The summed E-state index contributed by atoms with van der Waals surface area (Å²) >= 11 is 0. The molecule has 120 valence electrons. The quantitative estimate of drug-likeness (QED) is 0.842. The Morgan fingerprint density at radius 3 is 2.10 bits per heavy atom. The van der Waals surface area contributed by atoms with Gasteiger partial charge in [-0.2, -0.15) is 0 Å². The van der Waals surface area contributed by atoms with Crippen LogP contribution in [0.25, 0.3) is 0 Å². The maximum atomic E-state index is 11.3. The molecule has 1 aliphatic carbocycles. The SMILES string of the molecule is CN(CCS(C)(=O)=O)C1(CN)CCC(C(C)(C)C)CC1. The molecule has 2 N–H and O–H groups in total. The minimum absolute atomic E-state index is 0.00750. The Bertz CT molecular complexity index is 404. The van der Waals surface area contributed by atoms with Gasteiger partial charge in [-0.05, 0) is 44.1 Å². The summed E-state index contributed by atoms with van der Waals surface area (Å²) in [7, 11) is -0.886. The lowest BCUT2D eigenvalue weighted by Crippen LogP contribution is -2.55. The van der Waals surface area contributed by atoms with Gasteiger partial charge in [0, 0.05) is 24.9 Å². The molecule has 20 heavy (non-hydrogen) atoms. The van der Waals surface area contributed by atoms with Gasteiger partial charge in [-0.15, -0.1) is 0 Å². The van der Waals surface area contributed by atoms with E-state index in [4.69, 9.17) is 5.73 Å². The maximum absolute atomic E-state index is 11.3. The van der Waals surface area contributed by atoms with E-state index in [0.717, 1.165) is 18.8 Å². The molecule has 0 bridgehead atoms. The highest BCUT2D eigenvalue weighted by atomic mass is 32.2. The van der Waals surface area contributed by atoms with Crippen molar-refractivity contribution in [1.29, 1.82) is 0 Å². The molecule has 1 saturated carbocycles. The van der Waals surface area contributed by atoms with E-state index in [-0.39, 0.29) is 11.3 Å². The van der Waals surface area contributed by atoms with E-state index in [1.54, 1.807) is 0 Å². The molecule has 0 radical (unpaired) electrons. The molecule has 0 atom stereocenters. The zero-order valence-corrected chi connectivity index (χ0v) is 14.6. The van der Waals surface area contributed by atoms with Crippen molar-refractivity contribution in [1.82, 2.24) is 4.90 Å². The Morgan fingerprint density at radius 2 is 1.75 bits per heavy atom. The average molecular weight is 305 g/mol. The van der Waals surface area contributed by atoms with Gasteiger partial charge in [-0.3, -0.25) is 4.90 Å². The molecular formula is C15H32N2O2S. The summed E-state index contributed by atoms with van der Waals surface area (Å²) in [5, 5.41) is 0. The van der Waals surface area contributed by atoms with Gasteiger partial charge in [0.2, 0.25) is 0 Å². The Balaban J connectivity index is 2.66. The van der Waals surface area contributed by atoms with Gasteiger partial charge in [0.15, 0.2) is 0 Å². The number of likely N-dealkylation sites (N-methyl/N-ethyl adjacent to an activating group) is 1. The molecule has 5 heteroatoms. The number of nitrogens with two attached hydrogens (primary N) is 1. The first-order valence-electron chi connectivity index (χ1n) is 7.59. The summed E-state index contributed by atoms with van der Waals surface area (Å²) in [5.74, 6) is 0.957. The van der Waals surface area contributed by atoms with Gasteiger partial charge in [0.05, 0.1) is 5.75 Å². The predicted molar refractivity (Wildman–Crippen MR) is 85.5 cm³/mol. The second-order valence-corrected chi connectivity index (χ2v) is 9.88. The van der Waals surface area contributed by atoms with Crippen LogP contribution >= 0.6 is 0 Å². The zero-order chi connectivity index (χ0) is 15.6. The summed E-state index contributed by atoms with van der Waals surface area (Å²) in [6, 6.07) is 0. The van der Waals surface area contributed by atoms with Crippen LogP contribution < -0.4 is 5.73 Å². The topological polar surface area (TPSA) is 63.4 Å². The van der Waals surface area contributed by atoms with Crippen molar-refractivity contribution in [2.45, 2.75) is 52.0 Å². The summed E-state index contributed by atoms with van der Waals surface area (Å²) in [6.45, 7) is 8.11. The number of rotatable bonds is 5. The fraction of sp³-hybridized carbons (Fsp3) is 1.00. The Kier molecular flexibility index (Phi) is 5.67. The highest BCUT2D eigenvalue weighted by Crippen LogP contribution is 2.42. The van der Waals surface area contributed by atoms with Gasteiger partial charge >= 0.3 is 0 Å². The van der Waals surface area contributed by atoms with Crippen LogP contribution in [0.5, 0.6) is 0 Å². The molecule has 0 aromatic heterocycles. The number of hydrogen-bond acceptors (Lipinski definition) is 4. The third-order valence-electron chi connectivity index (χ3n) is 5.13. The van der Waals surface area contributed by atoms with Crippen molar-refractivity contribution in [2.24, 2.45) is 17.1 Å². The first kappa shape index (κ1) is 17.9. The Labute approximate surface area is 125 Å². The minimum Gasteiger partial charge on any atom is -0.329 e. The van der Waals surface area contributed by atoms with E-state index < -0.39 is 9.84 Å². The van der Waals surface area contributed by atoms with Crippen LogP contribution in [0.2, 0.25) is 0 Å². The van der Waals surface area contributed by atoms with Crippen molar-refractivity contribution in [3.05, 3.63) is 0 Å². The largest absolute Gasteiger partial charge is 0.329 e. The summed E-state index contributed by atoms with van der Waals surface area (Å²) < 4.78 is 22.7. The molecule has 0 heterocycles. The molecule has 0 spiro atoms. The first-order valence-corrected chi connectivity index (χ1v) is 9.65. The van der Waals surface area contributed by atoms with Gasteiger partial charge in [-0.1, -0.05) is 20.8 Å². The summed E-state index contributed by atoms with van der Waals surface area (Å²) in [4.78, 5) is 2.19. The smallest absolute Gasteiger partial charge is 0.148 e. The summed E-state index contributed by atoms with van der Waals surface area (Å²) in [6.07, 6.45) is 5.82.